The van der Waals surface area contributed by atoms with Gasteiger partial charge in [-0.2, -0.15) is 0 Å². The van der Waals surface area contributed by atoms with Crippen molar-refractivity contribution in [1.29, 1.82) is 0 Å². The predicted octanol–water partition coefficient (Wildman–Crippen LogP) is 2.76. The molecule has 6 heteroatoms. The van der Waals surface area contributed by atoms with Gasteiger partial charge in [0.25, 0.3) is 5.91 Å². The maximum absolute atomic E-state index is 12.2. The first-order valence-electron chi connectivity index (χ1n) is 10.7. The largest absolute Gasteiger partial charge is 0.369 e. The van der Waals surface area contributed by atoms with Gasteiger partial charge in [0.1, 0.15) is 0 Å². The first-order chi connectivity index (χ1) is 14.6. The number of benzene rings is 2. The number of aliphatic imine (C=N–C) groups is 1. The van der Waals surface area contributed by atoms with Crippen molar-refractivity contribution in [2.24, 2.45) is 4.99 Å². The van der Waals surface area contributed by atoms with Gasteiger partial charge in [0, 0.05) is 57.6 Å². The maximum atomic E-state index is 12.2. The summed E-state index contributed by atoms with van der Waals surface area (Å²) in [5.41, 5.74) is 3.12. The molecule has 1 unspecified atom stereocenters. The molecular weight excluding hydrogens is 374 g/mol. The van der Waals surface area contributed by atoms with E-state index in [2.05, 4.69) is 58.9 Å². The number of amides is 1. The zero-order valence-corrected chi connectivity index (χ0v) is 18.3. The molecule has 1 aliphatic rings. The van der Waals surface area contributed by atoms with Crippen LogP contribution in [0.1, 0.15) is 29.3 Å². The van der Waals surface area contributed by atoms with E-state index in [0.29, 0.717) is 12.6 Å². The van der Waals surface area contributed by atoms with E-state index in [1.165, 1.54) is 5.69 Å². The van der Waals surface area contributed by atoms with E-state index in [-0.39, 0.29) is 5.91 Å². The Balaban J connectivity index is 1.55. The molecule has 0 bridgehead atoms. The Kier molecular flexibility index (Phi) is 7.71. The molecule has 0 spiro atoms. The van der Waals surface area contributed by atoms with Crippen LogP contribution in [0.25, 0.3) is 0 Å². The van der Waals surface area contributed by atoms with Crippen molar-refractivity contribution >= 4 is 17.6 Å². The van der Waals surface area contributed by atoms with Gasteiger partial charge < -0.3 is 20.4 Å². The van der Waals surface area contributed by atoms with E-state index in [1.807, 2.05) is 18.2 Å². The highest BCUT2D eigenvalue weighted by Crippen LogP contribution is 2.19. The smallest absolute Gasteiger partial charge is 0.253 e. The Labute approximate surface area is 180 Å². The van der Waals surface area contributed by atoms with Gasteiger partial charge in [-0.25, -0.2) is 0 Å². The van der Waals surface area contributed by atoms with Crippen LogP contribution >= 0.6 is 0 Å². The van der Waals surface area contributed by atoms with Gasteiger partial charge in [0.15, 0.2) is 5.96 Å². The Bertz CT molecular complexity index is 850. The molecule has 1 amide bonds. The summed E-state index contributed by atoms with van der Waals surface area (Å²) in [6.45, 7) is 5.60. The van der Waals surface area contributed by atoms with E-state index in [0.717, 1.165) is 49.6 Å². The number of carbonyl (C=O) groups excluding carboxylic acids is 1. The van der Waals surface area contributed by atoms with Gasteiger partial charge in [0.2, 0.25) is 0 Å². The molecule has 2 N–H and O–H groups in total. The third-order valence-corrected chi connectivity index (χ3v) is 5.25. The van der Waals surface area contributed by atoms with Crippen LogP contribution in [0.4, 0.5) is 5.69 Å². The van der Waals surface area contributed by atoms with Crippen LogP contribution in [-0.4, -0.2) is 63.1 Å². The van der Waals surface area contributed by atoms with Crippen LogP contribution in [0.15, 0.2) is 59.6 Å². The van der Waals surface area contributed by atoms with Gasteiger partial charge in [0.05, 0.1) is 0 Å². The Morgan fingerprint density at radius 2 is 1.97 bits per heavy atom. The fourth-order valence-corrected chi connectivity index (χ4v) is 3.68. The average Bonchev–Trinajstić information content (AvgIpc) is 3.22. The lowest BCUT2D eigenvalue weighted by molar-refractivity contribution is 0.0827. The number of anilines is 1. The number of hydrogen-bond acceptors (Lipinski definition) is 3. The fraction of sp³-hybridized carbons (Fsp3) is 0.417. The number of hydrogen-bond donors (Lipinski definition) is 2. The van der Waals surface area contributed by atoms with E-state index in [9.17, 15) is 4.79 Å². The molecule has 30 heavy (non-hydrogen) atoms. The van der Waals surface area contributed by atoms with Crippen LogP contribution < -0.4 is 15.5 Å². The van der Waals surface area contributed by atoms with Crippen molar-refractivity contribution < 1.29 is 4.79 Å². The third kappa shape index (κ3) is 5.99. The van der Waals surface area contributed by atoms with Crippen molar-refractivity contribution in [3.05, 3.63) is 65.7 Å². The molecule has 3 rings (SSSR count). The lowest BCUT2D eigenvalue weighted by atomic mass is 10.1. The van der Waals surface area contributed by atoms with Gasteiger partial charge in [-0.15, -0.1) is 0 Å². The number of nitrogens with zero attached hydrogens (tertiary/aromatic N) is 3. The van der Waals surface area contributed by atoms with Crippen LogP contribution in [0, 0.1) is 0 Å². The van der Waals surface area contributed by atoms with Crippen LogP contribution in [-0.2, 0) is 6.42 Å². The normalized spacial score (nSPS) is 16.4. The molecule has 1 fully saturated rings. The monoisotopic (exact) mass is 407 g/mol. The second-order valence-electron chi connectivity index (χ2n) is 7.82. The van der Waals surface area contributed by atoms with Crippen molar-refractivity contribution in [2.45, 2.75) is 25.8 Å². The zero-order chi connectivity index (χ0) is 21.3. The first-order valence-corrected chi connectivity index (χ1v) is 10.7. The predicted molar refractivity (Wildman–Crippen MR) is 124 cm³/mol. The third-order valence-electron chi connectivity index (χ3n) is 5.25. The van der Waals surface area contributed by atoms with Crippen LogP contribution in [0.5, 0.6) is 0 Å². The molecule has 1 aliphatic heterocycles. The minimum absolute atomic E-state index is 0.0274. The van der Waals surface area contributed by atoms with Crippen molar-refractivity contribution in [2.75, 3.05) is 45.2 Å². The van der Waals surface area contributed by atoms with Crippen LogP contribution in [0.2, 0.25) is 0 Å². The Morgan fingerprint density at radius 3 is 2.70 bits per heavy atom. The quantitative estimate of drug-likeness (QED) is 0.547. The summed E-state index contributed by atoms with van der Waals surface area (Å²) in [7, 11) is 3.55. The second kappa shape index (κ2) is 10.7. The van der Waals surface area contributed by atoms with Crippen molar-refractivity contribution in [3.63, 3.8) is 0 Å². The van der Waals surface area contributed by atoms with Gasteiger partial charge in [-0.1, -0.05) is 30.3 Å². The molecule has 1 saturated heterocycles. The molecule has 0 aliphatic carbocycles. The molecule has 1 heterocycles. The Hall–Kier alpha value is -3.02. The molecule has 2 aromatic rings. The van der Waals surface area contributed by atoms with Crippen molar-refractivity contribution in [1.82, 2.24) is 15.5 Å². The maximum Gasteiger partial charge on any atom is 0.253 e. The van der Waals surface area contributed by atoms with Gasteiger partial charge >= 0.3 is 0 Å². The minimum atomic E-state index is 0.0274. The minimum Gasteiger partial charge on any atom is -0.369 e. The summed E-state index contributed by atoms with van der Waals surface area (Å²) in [5.74, 6) is 0.887. The lowest BCUT2D eigenvalue weighted by Crippen LogP contribution is -2.44. The molecular formula is C24H33N5O. The van der Waals surface area contributed by atoms with E-state index in [4.69, 9.17) is 4.99 Å². The molecule has 1 atom stereocenters. The highest BCUT2D eigenvalue weighted by atomic mass is 16.2. The fourth-order valence-electron chi connectivity index (χ4n) is 3.68. The average molecular weight is 408 g/mol. The van der Waals surface area contributed by atoms with Crippen LogP contribution in [0.3, 0.4) is 0 Å². The number of para-hydroxylation sites is 1. The summed E-state index contributed by atoms with van der Waals surface area (Å²) in [4.78, 5) is 20.9. The summed E-state index contributed by atoms with van der Waals surface area (Å²) < 4.78 is 0. The summed E-state index contributed by atoms with van der Waals surface area (Å²) in [6, 6.07) is 18.7. The number of nitrogens with one attached hydrogen (secondary N) is 2. The van der Waals surface area contributed by atoms with E-state index >= 15 is 0 Å². The molecule has 2 aromatic carbocycles. The lowest BCUT2D eigenvalue weighted by Gasteiger charge is -2.20. The molecule has 0 radical (unpaired) electrons. The Morgan fingerprint density at radius 1 is 1.17 bits per heavy atom. The van der Waals surface area contributed by atoms with Gasteiger partial charge in [-0.05, 0) is 49.6 Å². The highest BCUT2D eigenvalue weighted by Gasteiger charge is 2.23. The second-order valence-corrected chi connectivity index (χ2v) is 7.82. The number of carbonyl (C=O) groups is 1. The van der Waals surface area contributed by atoms with Crippen molar-refractivity contribution in [3.8, 4) is 0 Å². The summed E-state index contributed by atoms with van der Waals surface area (Å²) in [5, 5.41) is 6.94. The number of guanidine groups is 1. The first kappa shape index (κ1) is 21.7. The standard InChI is InChI=1S/C24H33N5O/c1-4-25-24(27-21-14-16-29(18-21)22-11-6-5-7-12-22)26-15-13-19-9-8-10-20(17-19)23(30)28(2)3/h5-12,17,21H,4,13-16,18H2,1-3H3,(H2,25,26,27). The number of rotatable bonds is 7. The summed E-state index contributed by atoms with van der Waals surface area (Å²) in [6.07, 6.45) is 1.89. The molecule has 0 saturated carbocycles. The molecule has 6 nitrogen and oxygen atoms in total. The SMILES string of the molecule is CCNC(=NCCc1cccc(C(=O)N(C)C)c1)NC1CCN(c2ccccc2)C1. The van der Waals surface area contributed by atoms with E-state index in [1.54, 1.807) is 19.0 Å². The van der Waals surface area contributed by atoms with Gasteiger partial charge in [-0.3, -0.25) is 9.79 Å². The zero-order valence-electron chi connectivity index (χ0n) is 18.3. The molecule has 0 aromatic heterocycles. The highest BCUT2D eigenvalue weighted by molar-refractivity contribution is 5.94. The van der Waals surface area contributed by atoms with E-state index < -0.39 is 0 Å². The topological polar surface area (TPSA) is 60.0 Å². The molecule has 160 valence electrons. The summed E-state index contributed by atoms with van der Waals surface area (Å²) >= 11 is 0.